The zero-order valence-electron chi connectivity index (χ0n) is 11.6. The minimum atomic E-state index is -0.126. The van der Waals surface area contributed by atoms with Gasteiger partial charge in [-0.15, -0.1) is 0 Å². The number of hydrogen-bond acceptors (Lipinski definition) is 4. The number of aldehydes is 1. The molecule has 0 aliphatic heterocycles. The van der Waals surface area contributed by atoms with Crippen molar-refractivity contribution in [3.8, 4) is 11.5 Å². The molecule has 1 aromatic rings. The Kier molecular flexibility index (Phi) is 4.98. The Morgan fingerprint density at radius 1 is 1.35 bits per heavy atom. The third-order valence-electron chi connectivity index (χ3n) is 3.40. The number of hydrogen-bond donors (Lipinski definition) is 1. The van der Waals surface area contributed by atoms with Gasteiger partial charge in [-0.2, -0.15) is 0 Å². The van der Waals surface area contributed by atoms with Gasteiger partial charge in [-0.25, -0.2) is 0 Å². The molecule has 0 radical (unpaired) electrons. The Bertz CT molecular complexity index is 481. The summed E-state index contributed by atoms with van der Waals surface area (Å²) in [6, 6.07) is 5.12. The summed E-state index contributed by atoms with van der Waals surface area (Å²) in [6.45, 7) is -0.0483. The number of rotatable bonds is 6. The highest BCUT2D eigenvalue weighted by Crippen LogP contribution is 2.27. The zero-order valence-corrected chi connectivity index (χ0v) is 11.6. The van der Waals surface area contributed by atoms with Crippen LogP contribution in [0.4, 0.5) is 0 Å². The van der Waals surface area contributed by atoms with Gasteiger partial charge in [0, 0.05) is 11.6 Å². The van der Waals surface area contributed by atoms with E-state index in [1.54, 1.807) is 18.2 Å². The molecule has 20 heavy (non-hydrogen) atoms. The fraction of sp³-hybridized carbons (Fsp3) is 0.467. The average Bonchev–Trinajstić information content (AvgIpc) is 2.97. The van der Waals surface area contributed by atoms with E-state index in [0.29, 0.717) is 17.1 Å². The quantitative estimate of drug-likeness (QED) is 0.807. The lowest BCUT2D eigenvalue weighted by Gasteiger charge is -2.14. The number of ether oxygens (including phenoxy) is 2. The van der Waals surface area contributed by atoms with E-state index in [0.717, 1.165) is 19.1 Å². The second-order valence-electron chi connectivity index (χ2n) is 4.87. The Labute approximate surface area is 118 Å². The molecule has 5 nitrogen and oxygen atoms in total. The molecule has 0 heterocycles. The van der Waals surface area contributed by atoms with Crippen molar-refractivity contribution in [3.05, 3.63) is 23.8 Å². The lowest BCUT2D eigenvalue weighted by molar-refractivity contribution is -0.123. The van der Waals surface area contributed by atoms with E-state index >= 15 is 0 Å². The zero-order chi connectivity index (χ0) is 14.4. The molecule has 1 fully saturated rings. The van der Waals surface area contributed by atoms with Crippen LogP contribution in [-0.2, 0) is 4.79 Å². The van der Waals surface area contributed by atoms with Crippen molar-refractivity contribution in [3.63, 3.8) is 0 Å². The summed E-state index contributed by atoms with van der Waals surface area (Å²) < 4.78 is 10.6. The topological polar surface area (TPSA) is 64.6 Å². The smallest absolute Gasteiger partial charge is 0.258 e. The van der Waals surface area contributed by atoms with E-state index in [-0.39, 0.29) is 18.6 Å². The van der Waals surface area contributed by atoms with Gasteiger partial charge < -0.3 is 14.8 Å². The van der Waals surface area contributed by atoms with Crippen molar-refractivity contribution in [2.45, 2.75) is 31.7 Å². The van der Waals surface area contributed by atoms with Crippen LogP contribution >= 0.6 is 0 Å². The summed E-state index contributed by atoms with van der Waals surface area (Å²) in [5, 5.41) is 2.95. The van der Waals surface area contributed by atoms with Crippen molar-refractivity contribution in [1.29, 1.82) is 0 Å². The third kappa shape index (κ3) is 3.73. The van der Waals surface area contributed by atoms with Gasteiger partial charge in [0.25, 0.3) is 5.91 Å². The Morgan fingerprint density at radius 2 is 2.10 bits per heavy atom. The Hall–Kier alpha value is -2.04. The number of carbonyl (C=O) groups excluding carboxylic acids is 2. The lowest BCUT2D eigenvalue weighted by Crippen LogP contribution is -2.36. The van der Waals surface area contributed by atoms with Crippen LogP contribution in [0.15, 0.2) is 18.2 Å². The minimum Gasteiger partial charge on any atom is -0.493 e. The van der Waals surface area contributed by atoms with Gasteiger partial charge in [-0.1, -0.05) is 12.8 Å². The maximum atomic E-state index is 11.8. The van der Waals surface area contributed by atoms with Crippen LogP contribution < -0.4 is 14.8 Å². The maximum absolute atomic E-state index is 11.8. The standard InChI is InChI=1S/C15H19NO4/c1-19-14-8-11(9-17)6-7-13(14)20-10-15(18)16-12-4-2-3-5-12/h6-9,12H,2-5,10H2,1H3,(H,16,18). The SMILES string of the molecule is COc1cc(C=O)ccc1OCC(=O)NC1CCCC1. The first kappa shape index (κ1) is 14.4. The van der Waals surface area contributed by atoms with Crippen molar-refractivity contribution in [2.75, 3.05) is 13.7 Å². The van der Waals surface area contributed by atoms with Crippen LogP contribution in [0, 0.1) is 0 Å². The number of nitrogens with one attached hydrogen (secondary N) is 1. The molecule has 0 saturated heterocycles. The summed E-state index contributed by atoms with van der Waals surface area (Å²) in [7, 11) is 1.50. The van der Waals surface area contributed by atoms with Crippen molar-refractivity contribution >= 4 is 12.2 Å². The molecule has 108 valence electrons. The van der Waals surface area contributed by atoms with E-state index in [9.17, 15) is 9.59 Å². The monoisotopic (exact) mass is 277 g/mol. The molecule has 0 spiro atoms. The van der Waals surface area contributed by atoms with E-state index < -0.39 is 0 Å². The fourth-order valence-electron chi connectivity index (χ4n) is 2.36. The molecule has 1 N–H and O–H groups in total. The van der Waals surface area contributed by atoms with E-state index in [2.05, 4.69) is 5.32 Å². The van der Waals surface area contributed by atoms with E-state index in [1.165, 1.54) is 20.0 Å². The van der Waals surface area contributed by atoms with Crippen LogP contribution in [0.3, 0.4) is 0 Å². The van der Waals surface area contributed by atoms with Crippen LogP contribution in [0.1, 0.15) is 36.0 Å². The molecule has 0 bridgehead atoms. The largest absolute Gasteiger partial charge is 0.493 e. The van der Waals surface area contributed by atoms with Gasteiger partial charge in [0.15, 0.2) is 18.1 Å². The predicted molar refractivity (Wildman–Crippen MR) is 74.3 cm³/mol. The van der Waals surface area contributed by atoms with Gasteiger partial charge in [-0.3, -0.25) is 9.59 Å². The summed E-state index contributed by atoms with van der Waals surface area (Å²) in [5.41, 5.74) is 0.504. The summed E-state index contributed by atoms with van der Waals surface area (Å²) in [6.07, 6.45) is 5.17. The number of methoxy groups -OCH3 is 1. The van der Waals surface area contributed by atoms with Gasteiger partial charge in [-0.05, 0) is 31.0 Å². The Balaban J connectivity index is 1.89. The van der Waals surface area contributed by atoms with Crippen LogP contribution in [-0.4, -0.2) is 32.0 Å². The van der Waals surface area contributed by atoms with Crippen LogP contribution in [0.25, 0.3) is 0 Å². The fourth-order valence-corrected chi connectivity index (χ4v) is 2.36. The number of carbonyl (C=O) groups is 2. The summed E-state index contributed by atoms with van der Waals surface area (Å²) >= 11 is 0. The maximum Gasteiger partial charge on any atom is 0.258 e. The lowest BCUT2D eigenvalue weighted by atomic mass is 10.2. The highest BCUT2D eigenvalue weighted by molar-refractivity contribution is 5.78. The molecule has 1 saturated carbocycles. The summed E-state index contributed by atoms with van der Waals surface area (Å²) in [4.78, 5) is 22.4. The minimum absolute atomic E-state index is 0.0483. The number of amides is 1. The second-order valence-corrected chi connectivity index (χ2v) is 4.87. The first-order valence-electron chi connectivity index (χ1n) is 6.78. The molecule has 0 atom stereocenters. The molecule has 1 aromatic carbocycles. The molecule has 5 heteroatoms. The second kappa shape index (κ2) is 6.93. The van der Waals surface area contributed by atoms with Gasteiger partial charge in [0.1, 0.15) is 6.29 Å². The molecule has 1 amide bonds. The highest BCUT2D eigenvalue weighted by atomic mass is 16.5. The highest BCUT2D eigenvalue weighted by Gasteiger charge is 2.17. The molecular weight excluding hydrogens is 258 g/mol. The predicted octanol–water partition coefficient (Wildman–Crippen LogP) is 1.95. The van der Waals surface area contributed by atoms with Gasteiger partial charge >= 0.3 is 0 Å². The van der Waals surface area contributed by atoms with Crippen molar-refractivity contribution < 1.29 is 19.1 Å². The molecule has 1 aliphatic carbocycles. The average molecular weight is 277 g/mol. The number of benzene rings is 1. The molecule has 0 aromatic heterocycles. The molecule has 1 aliphatic rings. The summed E-state index contributed by atoms with van der Waals surface area (Å²) in [5.74, 6) is 0.779. The third-order valence-corrected chi connectivity index (χ3v) is 3.40. The Morgan fingerprint density at radius 3 is 2.75 bits per heavy atom. The first-order chi connectivity index (χ1) is 9.72. The normalized spacial score (nSPS) is 14.8. The molecular formula is C15H19NO4. The van der Waals surface area contributed by atoms with Crippen molar-refractivity contribution in [1.82, 2.24) is 5.32 Å². The first-order valence-corrected chi connectivity index (χ1v) is 6.78. The van der Waals surface area contributed by atoms with E-state index in [1.807, 2.05) is 0 Å². The molecule has 0 unspecified atom stereocenters. The molecule has 2 rings (SSSR count). The van der Waals surface area contributed by atoms with E-state index in [4.69, 9.17) is 9.47 Å². The van der Waals surface area contributed by atoms with Crippen molar-refractivity contribution in [2.24, 2.45) is 0 Å². The van der Waals surface area contributed by atoms with Gasteiger partial charge in [0.2, 0.25) is 0 Å². The van der Waals surface area contributed by atoms with Gasteiger partial charge in [0.05, 0.1) is 7.11 Å². The van der Waals surface area contributed by atoms with Crippen LogP contribution in [0.5, 0.6) is 11.5 Å². The van der Waals surface area contributed by atoms with Crippen LogP contribution in [0.2, 0.25) is 0 Å².